The van der Waals surface area contributed by atoms with Crippen molar-refractivity contribution in [1.29, 1.82) is 5.26 Å². The number of benzene rings is 1. The molecular formula is C13H8F2N2. The van der Waals surface area contributed by atoms with Crippen molar-refractivity contribution in [3.8, 4) is 17.2 Å². The third-order valence-electron chi connectivity index (χ3n) is 2.31. The van der Waals surface area contributed by atoms with Crippen molar-refractivity contribution in [2.75, 3.05) is 0 Å². The number of hydrogen-bond donors (Lipinski definition) is 0. The Labute approximate surface area is 97.2 Å². The molecular weight excluding hydrogens is 222 g/mol. The van der Waals surface area contributed by atoms with Crippen LogP contribution in [-0.4, -0.2) is 4.98 Å². The van der Waals surface area contributed by atoms with Gasteiger partial charge in [0.15, 0.2) is 0 Å². The molecule has 2 nitrogen and oxygen atoms in total. The second-order valence-electron chi connectivity index (χ2n) is 3.53. The lowest BCUT2D eigenvalue weighted by molar-refractivity contribution is 0.586. The van der Waals surface area contributed by atoms with E-state index in [1.165, 1.54) is 30.5 Å². The van der Waals surface area contributed by atoms with E-state index in [1.807, 2.05) is 6.07 Å². The van der Waals surface area contributed by atoms with Crippen LogP contribution in [0.25, 0.3) is 11.1 Å². The topological polar surface area (TPSA) is 36.7 Å². The first kappa shape index (κ1) is 11.2. The van der Waals surface area contributed by atoms with Gasteiger partial charge in [-0.3, -0.25) is 0 Å². The molecule has 17 heavy (non-hydrogen) atoms. The highest BCUT2D eigenvalue weighted by molar-refractivity contribution is 5.63. The summed E-state index contributed by atoms with van der Waals surface area (Å²) < 4.78 is 26.5. The Kier molecular flexibility index (Phi) is 3.10. The van der Waals surface area contributed by atoms with Gasteiger partial charge < -0.3 is 0 Å². The van der Waals surface area contributed by atoms with Gasteiger partial charge in [-0.2, -0.15) is 9.65 Å². The molecule has 0 saturated heterocycles. The lowest BCUT2D eigenvalue weighted by Gasteiger charge is -2.04. The Bertz CT molecular complexity index is 588. The maximum Gasteiger partial charge on any atom is 0.220 e. The summed E-state index contributed by atoms with van der Waals surface area (Å²) >= 11 is 0. The van der Waals surface area contributed by atoms with Crippen LogP contribution in [0, 0.1) is 23.1 Å². The molecule has 0 aliphatic heterocycles. The Hall–Kier alpha value is -2.28. The van der Waals surface area contributed by atoms with Gasteiger partial charge in [0.25, 0.3) is 0 Å². The number of nitriles is 1. The molecule has 0 saturated carbocycles. The first-order chi connectivity index (χ1) is 8.20. The van der Waals surface area contributed by atoms with Crippen LogP contribution in [0.15, 0.2) is 36.5 Å². The third kappa shape index (κ3) is 2.45. The van der Waals surface area contributed by atoms with E-state index in [-0.39, 0.29) is 12.0 Å². The van der Waals surface area contributed by atoms with Crippen LogP contribution in [-0.2, 0) is 6.42 Å². The van der Waals surface area contributed by atoms with E-state index in [9.17, 15) is 8.78 Å². The van der Waals surface area contributed by atoms with Crippen molar-refractivity contribution in [1.82, 2.24) is 4.98 Å². The van der Waals surface area contributed by atoms with Crippen LogP contribution in [0.4, 0.5) is 8.78 Å². The van der Waals surface area contributed by atoms with Gasteiger partial charge in [0.1, 0.15) is 5.82 Å². The molecule has 0 aliphatic carbocycles. The predicted molar refractivity (Wildman–Crippen MR) is 58.9 cm³/mol. The van der Waals surface area contributed by atoms with Gasteiger partial charge in [-0.25, -0.2) is 9.37 Å². The maximum atomic E-state index is 13.5. The van der Waals surface area contributed by atoms with Crippen LogP contribution in [0.3, 0.4) is 0 Å². The lowest BCUT2D eigenvalue weighted by atomic mass is 10.0. The largest absolute Gasteiger partial charge is 0.227 e. The number of halogens is 2. The molecule has 1 aromatic carbocycles. The fourth-order valence-electron chi connectivity index (χ4n) is 1.54. The SMILES string of the molecule is N#CCc1cnc(F)c(-c2cccc(F)c2)c1. The molecule has 2 aromatic rings. The van der Waals surface area contributed by atoms with E-state index in [4.69, 9.17) is 5.26 Å². The summed E-state index contributed by atoms with van der Waals surface area (Å²) in [5.74, 6) is -1.11. The van der Waals surface area contributed by atoms with Crippen molar-refractivity contribution in [2.24, 2.45) is 0 Å². The lowest BCUT2D eigenvalue weighted by Crippen LogP contribution is -1.93. The van der Waals surface area contributed by atoms with Crippen molar-refractivity contribution < 1.29 is 8.78 Å². The minimum Gasteiger partial charge on any atom is -0.227 e. The number of hydrogen-bond acceptors (Lipinski definition) is 2. The molecule has 0 fully saturated rings. The van der Waals surface area contributed by atoms with Crippen LogP contribution in [0.1, 0.15) is 5.56 Å². The normalized spacial score (nSPS) is 9.94. The van der Waals surface area contributed by atoms with Gasteiger partial charge in [0, 0.05) is 11.8 Å². The minimum atomic E-state index is -0.669. The maximum absolute atomic E-state index is 13.5. The zero-order valence-electron chi connectivity index (χ0n) is 8.82. The monoisotopic (exact) mass is 230 g/mol. The average molecular weight is 230 g/mol. The van der Waals surface area contributed by atoms with Crippen molar-refractivity contribution in [2.45, 2.75) is 6.42 Å². The quantitative estimate of drug-likeness (QED) is 0.743. The van der Waals surface area contributed by atoms with Crippen molar-refractivity contribution in [3.05, 3.63) is 53.9 Å². The Morgan fingerprint density at radius 1 is 1.24 bits per heavy atom. The number of rotatable bonds is 2. The summed E-state index contributed by atoms with van der Waals surface area (Å²) in [6.45, 7) is 0. The highest BCUT2D eigenvalue weighted by Gasteiger charge is 2.08. The molecule has 0 aliphatic rings. The van der Waals surface area contributed by atoms with Crippen LogP contribution in [0.5, 0.6) is 0 Å². The average Bonchev–Trinajstić information content (AvgIpc) is 2.32. The second-order valence-corrected chi connectivity index (χ2v) is 3.53. The van der Waals surface area contributed by atoms with E-state index in [1.54, 1.807) is 6.07 Å². The molecule has 0 atom stereocenters. The van der Waals surface area contributed by atoms with Crippen molar-refractivity contribution in [3.63, 3.8) is 0 Å². The molecule has 4 heteroatoms. The molecule has 2 rings (SSSR count). The number of pyridine rings is 1. The van der Waals surface area contributed by atoms with Gasteiger partial charge >= 0.3 is 0 Å². The van der Waals surface area contributed by atoms with Gasteiger partial charge in [-0.1, -0.05) is 12.1 Å². The highest BCUT2D eigenvalue weighted by Crippen LogP contribution is 2.23. The molecule has 0 unspecified atom stereocenters. The fraction of sp³-hybridized carbons (Fsp3) is 0.0769. The van der Waals surface area contributed by atoms with Crippen LogP contribution in [0.2, 0.25) is 0 Å². The Morgan fingerprint density at radius 2 is 2.06 bits per heavy atom. The molecule has 1 aromatic heterocycles. The smallest absolute Gasteiger partial charge is 0.220 e. The summed E-state index contributed by atoms with van der Waals surface area (Å²) in [4.78, 5) is 3.56. The summed E-state index contributed by atoms with van der Waals surface area (Å²) in [6, 6.07) is 9.09. The first-order valence-electron chi connectivity index (χ1n) is 4.98. The van der Waals surface area contributed by atoms with E-state index < -0.39 is 11.8 Å². The van der Waals surface area contributed by atoms with Gasteiger partial charge in [0.05, 0.1) is 12.5 Å². The summed E-state index contributed by atoms with van der Waals surface area (Å²) in [7, 11) is 0. The van der Waals surface area contributed by atoms with E-state index in [2.05, 4.69) is 4.98 Å². The Morgan fingerprint density at radius 3 is 2.76 bits per heavy atom. The van der Waals surface area contributed by atoms with Crippen LogP contribution >= 0.6 is 0 Å². The standard InChI is InChI=1S/C13H8F2N2/c14-11-3-1-2-10(7-11)12-6-9(4-5-16)8-17-13(12)15/h1-3,6-8H,4H2. The summed E-state index contributed by atoms with van der Waals surface area (Å²) in [6.07, 6.45) is 1.46. The third-order valence-corrected chi connectivity index (χ3v) is 2.31. The highest BCUT2D eigenvalue weighted by atomic mass is 19.1. The molecule has 0 bridgehead atoms. The van der Waals surface area contributed by atoms with E-state index in [0.29, 0.717) is 11.1 Å². The van der Waals surface area contributed by atoms with Crippen molar-refractivity contribution >= 4 is 0 Å². The van der Waals surface area contributed by atoms with Gasteiger partial charge in [-0.05, 0) is 29.3 Å². The fourth-order valence-corrected chi connectivity index (χ4v) is 1.54. The molecule has 84 valence electrons. The minimum absolute atomic E-state index is 0.148. The van der Waals surface area contributed by atoms with E-state index in [0.717, 1.165) is 0 Å². The molecule has 0 spiro atoms. The molecule has 0 amide bonds. The number of nitrogens with zero attached hydrogens (tertiary/aromatic N) is 2. The Balaban J connectivity index is 2.51. The molecule has 1 heterocycles. The van der Waals surface area contributed by atoms with Crippen LogP contribution < -0.4 is 0 Å². The van der Waals surface area contributed by atoms with Gasteiger partial charge in [0.2, 0.25) is 5.95 Å². The second kappa shape index (κ2) is 4.71. The zero-order valence-corrected chi connectivity index (χ0v) is 8.82. The molecule has 0 radical (unpaired) electrons. The summed E-state index contributed by atoms with van der Waals surface area (Å²) in [5.41, 5.74) is 1.22. The number of aromatic nitrogens is 1. The molecule has 0 N–H and O–H groups in total. The van der Waals surface area contributed by atoms with E-state index >= 15 is 0 Å². The predicted octanol–water partition coefficient (Wildman–Crippen LogP) is 3.09. The van der Waals surface area contributed by atoms with Gasteiger partial charge in [-0.15, -0.1) is 0 Å². The summed E-state index contributed by atoms with van der Waals surface area (Å²) in [5, 5.41) is 8.56. The zero-order chi connectivity index (χ0) is 12.3. The first-order valence-corrected chi connectivity index (χ1v) is 4.98.